The lowest BCUT2D eigenvalue weighted by Gasteiger charge is -2.41. The van der Waals surface area contributed by atoms with E-state index >= 15 is 0 Å². The highest BCUT2D eigenvalue weighted by Gasteiger charge is 2.48. The predicted molar refractivity (Wildman–Crippen MR) is 51.3 cm³/mol. The minimum absolute atomic E-state index is 0.0666. The van der Waals surface area contributed by atoms with Crippen LogP contribution in [0.2, 0.25) is 0 Å². The number of fused-ring (bicyclic) bond motifs is 2. The fraction of sp³-hybridized carbons (Fsp3) is 0.900. The van der Waals surface area contributed by atoms with Gasteiger partial charge in [-0.1, -0.05) is 0 Å². The average Bonchev–Trinajstić information content (AvgIpc) is 2.27. The Morgan fingerprint density at radius 3 is 2.38 bits per heavy atom. The van der Waals surface area contributed by atoms with Gasteiger partial charge in [0, 0.05) is 25.6 Å². The van der Waals surface area contributed by atoms with Crippen LogP contribution >= 0.6 is 0 Å². The highest BCUT2D eigenvalue weighted by atomic mass is 16.1. The fourth-order valence-electron chi connectivity index (χ4n) is 2.98. The Balaban J connectivity index is 2.16. The molecule has 0 aromatic rings. The van der Waals surface area contributed by atoms with Crippen molar-refractivity contribution in [3.05, 3.63) is 0 Å². The summed E-state index contributed by atoms with van der Waals surface area (Å²) in [5.74, 6) is 1.38. The first-order valence-electron chi connectivity index (χ1n) is 5.12. The first kappa shape index (κ1) is 9.00. The van der Waals surface area contributed by atoms with Crippen molar-refractivity contribution in [3.63, 3.8) is 0 Å². The minimum atomic E-state index is 0.0666. The second kappa shape index (κ2) is 2.98. The Morgan fingerprint density at radius 1 is 1.38 bits per heavy atom. The molecule has 1 saturated heterocycles. The van der Waals surface area contributed by atoms with E-state index in [9.17, 15) is 4.79 Å². The Bertz CT molecular complexity index is 211. The SMILES string of the molecule is CC(=O)NC1(C)C2CCC1CNC2. The number of hydrogen-bond acceptors (Lipinski definition) is 2. The summed E-state index contributed by atoms with van der Waals surface area (Å²) >= 11 is 0. The zero-order valence-corrected chi connectivity index (χ0v) is 8.39. The Morgan fingerprint density at radius 2 is 1.92 bits per heavy atom. The summed E-state index contributed by atoms with van der Waals surface area (Å²) in [4.78, 5) is 11.1. The number of carbonyl (C=O) groups is 1. The topological polar surface area (TPSA) is 41.1 Å². The Hall–Kier alpha value is -0.570. The van der Waals surface area contributed by atoms with Crippen LogP contribution < -0.4 is 10.6 Å². The van der Waals surface area contributed by atoms with Crippen molar-refractivity contribution in [2.75, 3.05) is 13.1 Å². The van der Waals surface area contributed by atoms with Crippen LogP contribution in [0, 0.1) is 11.8 Å². The Labute approximate surface area is 79.3 Å². The van der Waals surface area contributed by atoms with E-state index in [-0.39, 0.29) is 11.4 Å². The summed E-state index contributed by atoms with van der Waals surface area (Å²) < 4.78 is 0. The molecule has 0 radical (unpaired) electrons. The van der Waals surface area contributed by atoms with Gasteiger partial charge in [-0.3, -0.25) is 4.79 Å². The molecule has 2 rings (SSSR count). The van der Waals surface area contributed by atoms with Crippen LogP contribution in [0.1, 0.15) is 26.7 Å². The molecule has 1 amide bonds. The van der Waals surface area contributed by atoms with Gasteiger partial charge in [-0.2, -0.15) is 0 Å². The van der Waals surface area contributed by atoms with E-state index in [0.29, 0.717) is 11.8 Å². The van der Waals surface area contributed by atoms with Crippen molar-refractivity contribution in [3.8, 4) is 0 Å². The molecule has 3 heteroatoms. The van der Waals surface area contributed by atoms with Crippen molar-refractivity contribution in [1.82, 2.24) is 10.6 Å². The van der Waals surface area contributed by atoms with E-state index in [1.54, 1.807) is 6.92 Å². The molecule has 1 heterocycles. The molecule has 3 nitrogen and oxygen atoms in total. The fourth-order valence-corrected chi connectivity index (χ4v) is 2.98. The van der Waals surface area contributed by atoms with Crippen molar-refractivity contribution in [2.24, 2.45) is 11.8 Å². The maximum Gasteiger partial charge on any atom is 0.217 e. The lowest BCUT2D eigenvalue weighted by molar-refractivity contribution is -0.121. The molecule has 74 valence electrons. The molecule has 13 heavy (non-hydrogen) atoms. The normalized spacial score (nSPS) is 43.2. The highest BCUT2D eigenvalue weighted by molar-refractivity contribution is 5.74. The zero-order valence-electron chi connectivity index (χ0n) is 8.39. The summed E-state index contributed by atoms with van der Waals surface area (Å²) in [6.07, 6.45) is 2.52. The standard InChI is InChI=1S/C10H18N2O/c1-7(13)12-10(2)8-3-4-9(10)6-11-5-8/h8-9,11H,3-6H2,1-2H3,(H,12,13). The quantitative estimate of drug-likeness (QED) is 0.620. The molecule has 2 atom stereocenters. The van der Waals surface area contributed by atoms with Gasteiger partial charge in [0.2, 0.25) is 5.91 Å². The van der Waals surface area contributed by atoms with Gasteiger partial charge < -0.3 is 10.6 Å². The van der Waals surface area contributed by atoms with E-state index in [2.05, 4.69) is 17.6 Å². The van der Waals surface area contributed by atoms with Gasteiger partial charge in [-0.05, 0) is 31.6 Å². The van der Waals surface area contributed by atoms with E-state index in [0.717, 1.165) is 13.1 Å². The van der Waals surface area contributed by atoms with Crippen LogP contribution in [-0.2, 0) is 4.79 Å². The molecule has 2 N–H and O–H groups in total. The third-order valence-electron chi connectivity index (χ3n) is 3.79. The summed E-state index contributed by atoms with van der Waals surface area (Å²) in [5, 5.41) is 6.57. The lowest BCUT2D eigenvalue weighted by Crippen LogP contribution is -2.60. The first-order chi connectivity index (χ1) is 6.13. The average molecular weight is 182 g/mol. The van der Waals surface area contributed by atoms with E-state index in [1.807, 2.05) is 0 Å². The number of carbonyl (C=O) groups excluding carboxylic acids is 1. The molecule has 0 aromatic heterocycles. The zero-order chi connectivity index (χ0) is 9.47. The third kappa shape index (κ3) is 1.35. The Kier molecular flexibility index (Phi) is 2.06. The van der Waals surface area contributed by atoms with Crippen LogP contribution in [0.4, 0.5) is 0 Å². The molecule has 2 unspecified atom stereocenters. The third-order valence-corrected chi connectivity index (χ3v) is 3.79. The molecular formula is C10H18N2O. The summed E-state index contributed by atoms with van der Waals surface area (Å²) in [6, 6.07) is 0. The molecule has 1 saturated carbocycles. The highest BCUT2D eigenvalue weighted by Crippen LogP contribution is 2.42. The van der Waals surface area contributed by atoms with Crippen LogP contribution in [0.15, 0.2) is 0 Å². The van der Waals surface area contributed by atoms with Crippen LogP contribution in [0.5, 0.6) is 0 Å². The smallest absolute Gasteiger partial charge is 0.217 e. The number of piperidine rings is 1. The lowest BCUT2D eigenvalue weighted by atomic mass is 9.79. The van der Waals surface area contributed by atoms with Gasteiger partial charge in [-0.15, -0.1) is 0 Å². The van der Waals surface area contributed by atoms with Crippen molar-refractivity contribution in [1.29, 1.82) is 0 Å². The molecule has 1 aliphatic carbocycles. The van der Waals surface area contributed by atoms with Gasteiger partial charge >= 0.3 is 0 Å². The second-order valence-electron chi connectivity index (χ2n) is 4.59. The molecule has 2 aliphatic rings. The van der Waals surface area contributed by atoms with Crippen LogP contribution in [-0.4, -0.2) is 24.5 Å². The summed E-state index contributed by atoms with van der Waals surface area (Å²) in [6.45, 7) is 5.95. The van der Waals surface area contributed by atoms with E-state index in [4.69, 9.17) is 0 Å². The van der Waals surface area contributed by atoms with E-state index in [1.165, 1.54) is 12.8 Å². The summed E-state index contributed by atoms with van der Waals surface area (Å²) in [7, 11) is 0. The van der Waals surface area contributed by atoms with Crippen molar-refractivity contribution < 1.29 is 4.79 Å². The largest absolute Gasteiger partial charge is 0.351 e. The number of rotatable bonds is 1. The van der Waals surface area contributed by atoms with Gasteiger partial charge in [0.25, 0.3) is 0 Å². The van der Waals surface area contributed by atoms with Crippen LogP contribution in [0.3, 0.4) is 0 Å². The van der Waals surface area contributed by atoms with Gasteiger partial charge in [-0.25, -0.2) is 0 Å². The number of nitrogens with one attached hydrogen (secondary N) is 2. The maximum absolute atomic E-state index is 11.1. The minimum Gasteiger partial charge on any atom is -0.351 e. The molecule has 0 spiro atoms. The number of amides is 1. The predicted octanol–water partition coefficient (Wildman–Crippen LogP) is 0.511. The van der Waals surface area contributed by atoms with Gasteiger partial charge in [0.15, 0.2) is 0 Å². The molecule has 1 aliphatic heterocycles. The molecular weight excluding hydrogens is 164 g/mol. The number of hydrogen-bond donors (Lipinski definition) is 2. The molecule has 2 bridgehead atoms. The van der Waals surface area contributed by atoms with Gasteiger partial charge in [0.05, 0.1) is 0 Å². The van der Waals surface area contributed by atoms with E-state index < -0.39 is 0 Å². The molecule has 2 fully saturated rings. The second-order valence-corrected chi connectivity index (χ2v) is 4.59. The first-order valence-corrected chi connectivity index (χ1v) is 5.12. The van der Waals surface area contributed by atoms with Crippen molar-refractivity contribution >= 4 is 5.91 Å². The summed E-state index contributed by atoms with van der Waals surface area (Å²) in [5.41, 5.74) is 0.0666. The maximum atomic E-state index is 11.1. The van der Waals surface area contributed by atoms with Crippen LogP contribution in [0.25, 0.3) is 0 Å². The molecule has 0 aromatic carbocycles. The monoisotopic (exact) mass is 182 g/mol. The van der Waals surface area contributed by atoms with Crippen molar-refractivity contribution in [2.45, 2.75) is 32.2 Å². The van der Waals surface area contributed by atoms with Gasteiger partial charge in [0.1, 0.15) is 0 Å².